The molecule has 0 spiro atoms. The quantitative estimate of drug-likeness (QED) is 0.722. The van der Waals surface area contributed by atoms with Crippen LogP contribution in [0.1, 0.15) is 20.7 Å². The van der Waals surface area contributed by atoms with Gasteiger partial charge in [0.15, 0.2) is 0 Å². The van der Waals surface area contributed by atoms with E-state index in [-0.39, 0.29) is 5.65 Å². The van der Waals surface area contributed by atoms with Crippen LogP contribution >= 0.6 is 0 Å². The summed E-state index contributed by atoms with van der Waals surface area (Å²) in [5.74, 6) is -3.10. The van der Waals surface area contributed by atoms with Crippen LogP contribution in [0.2, 0.25) is 0 Å². The highest BCUT2D eigenvalue weighted by atomic mass is 16.4. The molecule has 0 aliphatic heterocycles. The van der Waals surface area contributed by atoms with Gasteiger partial charge in [-0.3, -0.25) is 13.9 Å². The first-order valence-electron chi connectivity index (χ1n) is 5.32. The molecule has 0 saturated carbocycles. The van der Waals surface area contributed by atoms with Gasteiger partial charge in [0.05, 0.1) is 16.5 Å². The minimum Gasteiger partial charge on any atom is -0.478 e. The van der Waals surface area contributed by atoms with Crippen molar-refractivity contribution < 1.29 is 19.8 Å². The molecule has 0 aliphatic carbocycles. The molecule has 0 amide bonds. The van der Waals surface area contributed by atoms with Crippen LogP contribution in [-0.4, -0.2) is 36.3 Å². The summed E-state index contributed by atoms with van der Waals surface area (Å²) in [5.41, 5.74) is -3.06. The molecule has 0 unspecified atom stereocenters. The van der Waals surface area contributed by atoms with Crippen molar-refractivity contribution in [2.24, 2.45) is 14.1 Å². The van der Waals surface area contributed by atoms with E-state index in [4.69, 9.17) is 10.2 Å². The van der Waals surface area contributed by atoms with E-state index in [9.17, 15) is 19.2 Å². The van der Waals surface area contributed by atoms with E-state index in [2.05, 4.69) is 4.98 Å². The molecule has 0 radical (unpaired) electrons. The molecule has 2 aromatic heterocycles. The van der Waals surface area contributed by atoms with Crippen LogP contribution < -0.4 is 11.2 Å². The molecule has 0 aliphatic rings. The lowest BCUT2D eigenvalue weighted by Crippen LogP contribution is -2.38. The fourth-order valence-electron chi connectivity index (χ4n) is 1.91. The van der Waals surface area contributed by atoms with Crippen molar-refractivity contribution in [2.75, 3.05) is 0 Å². The van der Waals surface area contributed by atoms with Crippen LogP contribution in [0.4, 0.5) is 0 Å². The Labute approximate surface area is 110 Å². The summed E-state index contributed by atoms with van der Waals surface area (Å²) in [5, 5.41) is 17.7. The van der Waals surface area contributed by atoms with Crippen molar-refractivity contribution in [1.82, 2.24) is 14.1 Å². The maximum Gasteiger partial charge on any atom is 0.338 e. The predicted molar refractivity (Wildman–Crippen MR) is 66.1 cm³/mol. The number of hydrogen-bond acceptors (Lipinski definition) is 5. The molecule has 9 nitrogen and oxygen atoms in total. The zero-order chi connectivity index (χ0) is 15.2. The first-order valence-corrected chi connectivity index (χ1v) is 5.32. The lowest BCUT2D eigenvalue weighted by molar-refractivity contribution is 0.0652. The highest BCUT2D eigenvalue weighted by Gasteiger charge is 2.24. The number of carboxylic acids is 2. The molecule has 2 N–H and O–H groups in total. The molecule has 2 rings (SSSR count). The van der Waals surface area contributed by atoms with E-state index < -0.39 is 39.7 Å². The second-order valence-electron chi connectivity index (χ2n) is 4.06. The predicted octanol–water partition coefficient (Wildman–Crippen LogP) is -0.971. The van der Waals surface area contributed by atoms with Crippen molar-refractivity contribution in [3.8, 4) is 0 Å². The second kappa shape index (κ2) is 4.30. The van der Waals surface area contributed by atoms with Crippen molar-refractivity contribution in [3.05, 3.63) is 38.2 Å². The summed E-state index contributed by atoms with van der Waals surface area (Å²) in [4.78, 5) is 49.8. The number of aryl methyl sites for hydroxylation is 1. The normalized spacial score (nSPS) is 10.7. The third-order valence-corrected chi connectivity index (χ3v) is 2.91. The Morgan fingerprint density at radius 2 is 1.70 bits per heavy atom. The zero-order valence-corrected chi connectivity index (χ0v) is 10.4. The van der Waals surface area contributed by atoms with E-state index >= 15 is 0 Å². The van der Waals surface area contributed by atoms with Gasteiger partial charge < -0.3 is 10.2 Å². The molecule has 0 aromatic carbocycles. The molecule has 104 valence electrons. The summed E-state index contributed by atoms with van der Waals surface area (Å²) in [6, 6.07) is 0. The average molecular weight is 279 g/mol. The zero-order valence-electron chi connectivity index (χ0n) is 10.4. The molecule has 2 heterocycles. The number of aromatic carboxylic acids is 2. The lowest BCUT2D eigenvalue weighted by atomic mass is 10.1. The van der Waals surface area contributed by atoms with Crippen molar-refractivity contribution in [1.29, 1.82) is 0 Å². The Kier molecular flexibility index (Phi) is 2.89. The van der Waals surface area contributed by atoms with E-state index in [0.29, 0.717) is 4.57 Å². The second-order valence-corrected chi connectivity index (χ2v) is 4.06. The summed E-state index contributed by atoms with van der Waals surface area (Å²) in [7, 11) is 2.48. The molecular weight excluding hydrogens is 270 g/mol. The maximum absolute atomic E-state index is 12.1. The van der Waals surface area contributed by atoms with Gasteiger partial charge >= 0.3 is 17.6 Å². The SMILES string of the molecule is Cn1c(=O)c2c(C(=O)O)c(C(=O)O)cnc2n(C)c1=O. The van der Waals surface area contributed by atoms with Crippen LogP contribution in [0.3, 0.4) is 0 Å². The first-order chi connectivity index (χ1) is 9.27. The summed E-state index contributed by atoms with van der Waals surface area (Å²) >= 11 is 0. The molecule has 0 saturated heterocycles. The van der Waals surface area contributed by atoms with E-state index in [1.54, 1.807) is 0 Å². The number of nitrogens with zero attached hydrogens (tertiary/aromatic N) is 3. The summed E-state index contributed by atoms with van der Waals surface area (Å²) < 4.78 is 1.68. The molecule has 0 fully saturated rings. The number of rotatable bonds is 2. The Bertz CT molecular complexity index is 876. The Morgan fingerprint density at radius 1 is 1.10 bits per heavy atom. The van der Waals surface area contributed by atoms with E-state index in [1.165, 1.54) is 14.1 Å². The standard InChI is InChI=1S/C11H9N3O6/c1-13-7-6(8(15)14(2)11(13)20)5(10(18)19)4(3-12-7)9(16)17/h3H,1-2H3,(H,16,17)(H,18,19). The Morgan fingerprint density at radius 3 is 2.20 bits per heavy atom. The fourth-order valence-corrected chi connectivity index (χ4v) is 1.91. The molecular formula is C11H9N3O6. The first kappa shape index (κ1) is 13.5. The lowest BCUT2D eigenvalue weighted by Gasteiger charge is -2.09. The van der Waals surface area contributed by atoms with Crippen LogP contribution in [-0.2, 0) is 14.1 Å². The number of carbonyl (C=O) groups is 2. The van der Waals surface area contributed by atoms with Crippen LogP contribution in [0, 0.1) is 0 Å². The molecule has 0 bridgehead atoms. The van der Waals surface area contributed by atoms with E-state index in [1.807, 2.05) is 0 Å². The van der Waals surface area contributed by atoms with Crippen LogP contribution in [0.5, 0.6) is 0 Å². The van der Waals surface area contributed by atoms with Gasteiger partial charge in [-0.1, -0.05) is 0 Å². The largest absolute Gasteiger partial charge is 0.478 e. The summed E-state index contributed by atoms with van der Waals surface area (Å²) in [6.45, 7) is 0. The molecule has 2 aromatic rings. The minimum atomic E-state index is -1.58. The molecule has 20 heavy (non-hydrogen) atoms. The van der Waals surface area contributed by atoms with Gasteiger partial charge in [0.1, 0.15) is 5.65 Å². The third kappa shape index (κ3) is 1.67. The Balaban J connectivity index is 3.22. The third-order valence-electron chi connectivity index (χ3n) is 2.91. The highest BCUT2D eigenvalue weighted by Crippen LogP contribution is 2.16. The van der Waals surface area contributed by atoms with Crippen molar-refractivity contribution in [3.63, 3.8) is 0 Å². The van der Waals surface area contributed by atoms with Crippen LogP contribution in [0.15, 0.2) is 15.8 Å². The number of hydrogen-bond donors (Lipinski definition) is 2. The molecule has 9 heteroatoms. The van der Waals surface area contributed by atoms with Gasteiger partial charge in [-0.2, -0.15) is 0 Å². The van der Waals surface area contributed by atoms with Gasteiger partial charge in [-0.25, -0.2) is 19.4 Å². The highest BCUT2D eigenvalue weighted by molar-refractivity contribution is 6.09. The number of carboxylic acid groups (broad SMARTS) is 2. The minimum absolute atomic E-state index is 0.180. The summed E-state index contributed by atoms with van der Waals surface area (Å²) in [6.07, 6.45) is 0.812. The average Bonchev–Trinajstić information content (AvgIpc) is 2.40. The van der Waals surface area contributed by atoms with Crippen molar-refractivity contribution >= 4 is 23.0 Å². The van der Waals surface area contributed by atoms with Gasteiger partial charge in [-0.15, -0.1) is 0 Å². The number of fused-ring (bicyclic) bond motifs is 1. The van der Waals surface area contributed by atoms with E-state index in [0.717, 1.165) is 10.8 Å². The van der Waals surface area contributed by atoms with Gasteiger partial charge in [-0.05, 0) is 0 Å². The monoisotopic (exact) mass is 279 g/mol. The van der Waals surface area contributed by atoms with Gasteiger partial charge in [0, 0.05) is 20.3 Å². The topological polar surface area (TPSA) is 131 Å². The van der Waals surface area contributed by atoms with Gasteiger partial charge in [0.2, 0.25) is 0 Å². The van der Waals surface area contributed by atoms with Gasteiger partial charge in [0.25, 0.3) is 5.56 Å². The van der Waals surface area contributed by atoms with Crippen LogP contribution in [0.25, 0.3) is 11.0 Å². The molecule has 0 atom stereocenters. The number of pyridine rings is 1. The van der Waals surface area contributed by atoms with Crippen molar-refractivity contribution in [2.45, 2.75) is 0 Å². The number of aromatic nitrogens is 3. The fraction of sp³-hybridized carbons (Fsp3) is 0.182. The smallest absolute Gasteiger partial charge is 0.338 e. The maximum atomic E-state index is 12.1. The Hall–Kier alpha value is -2.97.